The molecule has 254 valence electrons. The van der Waals surface area contributed by atoms with Gasteiger partial charge in [0.1, 0.15) is 22.5 Å². The van der Waals surface area contributed by atoms with Crippen LogP contribution in [0.15, 0.2) is 149 Å². The Morgan fingerprint density at radius 3 is 2.20 bits per heavy atom. The van der Waals surface area contributed by atoms with Gasteiger partial charge in [0, 0.05) is 32.7 Å². The molecular weight excluding hydrogens is 684 g/mol. The summed E-state index contributed by atoms with van der Waals surface area (Å²) in [4.78, 5) is 45.5. The number of aromatic nitrogens is 1. The maximum atomic E-state index is 14.5. The molecule has 0 aliphatic heterocycles. The Balaban J connectivity index is 1.18. The molecular formula is C40H31FN4O4S2. The second-order valence-electron chi connectivity index (χ2n) is 11.0. The third kappa shape index (κ3) is 8.96. The number of ether oxygens (including phenoxy) is 1. The van der Waals surface area contributed by atoms with E-state index in [1.54, 1.807) is 73.8 Å². The highest BCUT2D eigenvalue weighted by Gasteiger charge is 2.24. The maximum absolute atomic E-state index is 14.5. The number of carbonyl (C=O) groups excluding carboxylic acids is 3. The smallest absolute Gasteiger partial charge is 0.272 e. The average molecular weight is 715 g/mol. The topological polar surface area (TPSA) is 109 Å². The Morgan fingerprint density at radius 1 is 0.804 bits per heavy atom. The van der Waals surface area contributed by atoms with Crippen molar-refractivity contribution in [2.75, 3.05) is 17.7 Å². The minimum absolute atomic E-state index is 0.135. The Kier molecular flexibility index (Phi) is 11.3. The number of methoxy groups -OCH3 is 1. The first-order valence-corrected chi connectivity index (χ1v) is 17.5. The number of halogens is 1. The summed E-state index contributed by atoms with van der Waals surface area (Å²) in [6.45, 7) is 0. The standard InChI is InChI=1S/C40H31FN4O4S2/c1-49-35-19-11-9-17-31(35)34-25-50-40(44-34)45-39(48)36(26-12-4-2-5-13-26)51-30-22-20-29(21-23-30)42-38(47)33(24-28-16-8-10-18-32(28)41)43-37(46)27-14-6-3-7-15-27/h2-25,36H,1H3,(H,42,47)(H,43,46)(H,44,45,48)/b33-24-. The number of benzene rings is 5. The molecule has 0 radical (unpaired) electrons. The van der Waals surface area contributed by atoms with Gasteiger partial charge in [-0.15, -0.1) is 23.1 Å². The van der Waals surface area contributed by atoms with Crippen LogP contribution in [0, 0.1) is 5.82 Å². The van der Waals surface area contributed by atoms with Crippen LogP contribution in [0.25, 0.3) is 17.3 Å². The molecule has 0 aliphatic rings. The molecule has 0 spiro atoms. The predicted molar refractivity (Wildman–Crippen MR) is 201 cm³/mol. The molecule has 1 unspecified atom stereocenters. The number of thioether (sulfide) groups is 1. The summed E-state index contributed by atoms with van der Waals surface area (Å²) >= 11 is 2.67. The summed E-state index contributed by atoms with van der Waals surface area (Å²) in [6.07, 6.45) is 1.29. The van der Waals surface area contributed by atoms with Gasteiger partial charge in [-0.1, -0.05) is 78.9 Å². The van der Waals surface area contributed by atoms with Crippen molar-refractivity contribution in [2.45, 2.75) is 10.1 Å². The summed E-state index contributed by atoms with van der Waals surface area (Å²) in [5.74, 6) is -1.25. The van der Waals surface area contributed by atoms with Crippen molar-refractivity contribution in [3.63, 3.8) is 0 Å². The molecule has 51 heavy (non-hydrogen) atoms. The van der Waals surface area contributed by atoms with Crippen LogP contribution >= 0.6 is 23.1 Å². The van der Waals surface area contributed by atoms with Gasteiger partial charge in [-0.05, 0) is 66.2 Å². The molecule has 3 N–H and O–H groups in total. The van der Waals surface area contributed by atoms with Gasteiger partial charge in [0.05, 0.1) is 12.8 Å². The van der Waals surface area contributed by atoms with Crippen LogP contribution in [0.2, 0.25) is 0 Å². The molecule has 1 atom stereocenters. The molecule has 0 saturated heterocycles. The number of thiazole rings is 1. The van der Waals surface area contributed by atoms with Crippen molar-refractivity contribution < 1.29 is 23.5 Å². The highest BCUT2D eigenvalue weighted by molar-refractivity contribution is 8.00. The van der Waals surface area contributed by atoms with Crippen molar-refractivity contribution in [1.82, 2.24) is 10.3 Å². The largest absolute Gasteiger partial charge is 0.496 e. The molecule has 0 aliphatic carbocycles. The second-order valence-corrected chi connectivity index (χ2v) is 13.1. The number of carbonyl (C=O) groups is 3. The maximum Gasteiger partial charge on any atom is 0.272 e. The van der Waals surface area contributed by atoms with E-state index < -0.39 is 22.9 Å². The van der Waals surface area contributed by atoms with E-state index in [2.05, 4.69) is 20.9 Å². The van der Waals surface area contributed by atoms with Crippen LogP contribution in [0.1, 0.15) is 26.7 Å². The molecule has 0 fully saturated rings. The lowest BCUT2D eigenvalue weighted by Crippen LogP contribution is -2.30. The Morgan fingerprint density at radius 2 is 1.47 bits per heavy atom. The first kappa shape index (κ1) is 34.8. The lowest BCUT2D eigenvalue weighted by molar-refractivity contribution is -0.116. The minimum atomic E-state index is -0.639. The van der Waals surface area contributed by atoms with Gasteiger partial charge in [-0.3, -0.25) is 14.4 Å². The van der Waals surface area contributed by atoms with Crippen LogP contribution in [-0.4, -0.2) is 29.8 Å². The van der Waals surface area contributed by atoms with Crippen LogP contribution in [0.3, 0.4) is 0 Å². The van der Waals surface area contributed by atoms with Gasteiger partial charge in [0.25, 0.3) is 11.8 Å². The zero-order chi connectivity index (χ0) is 35.6. The van der Waals surface area contributed by atoms with E-state index in [-0.39, 0.29) is 17.2 Å². The molecule has 3 amide bonds. The van der Waals surface area contributed by atoms with Gasteiger partial charge in [0.2, 0.25) is 5.91 Å². The third-order valence-corrected chi connectivity index (χ3v) is 9.58. The van der Waals surface area contributed by atoms with E-state index in [0.717, 1.165) is 16.0 Å². The summed E-state index contributed by atoms with van der Waals surface area (Å²) < 4.78 is 20.0. The lowest BCUT2D eigenvalue weighted by atomic mass is 10.1. The summed E-state index contributed by atoms with van der Waals surface area (Å²) in [5.41, 5.74) is 3.11. The zero-order valence-corrected chi connectivity index (χ0v) is 28.8. The van der Waals surface area contributed by atoms with Gasteiger partial charge >= 0.3 is 0 Å². The van der Waals surface area contributed by atoms with Gasteiger partial charge in [-0.25, -0.2) is 9.37 Å². The number of hydrogen-bond donors (Lipinski definition) is 3. The normalized spacial score (nSPS) is 11.7. The molecule has 1 aromatic heterocycles. The highest BCUT2D eigenvalue weighted by Crippen LogP contribution is 2.38. The third-order valence-electron chi connectivity index (χ3n) is 7.56. The van der Waals surface area contributed by atoms with E-state index in [0.29, 0.717) is 27.8 Å². The first-order chi connectivity index (χ1) is 24.9. The molecule has 6 rings (SSSR count). The fourth-order valence-corrected chi connectivity index (χ4v) is 6.76. The molecule has 1 heterocycles. The SMILES string of the molecule is COc1ccccc1-c1csc(NC(=O)C(Sc2ccc(NC(=O)/C(=C/c3ccccc3F)NC(=O)c3ccccc3)cc2)c2ccccc2)n1. The first-order valence-electron chi connectivity index (χ1n) is 15.7. The molecule has 5 aromatic carbocycles. The summed E-state index contributed by atoms with van der Waals surface area (Å²) in [5, 5.41) is 10.1. The van der Waals surface area contributed by atoms with E-state index in [1.807, 2.05) is 60.0 Å². The van der Waals surface area contributed by atoms with Crippen molar-refractivity contribution in [1.29, 1.82) is 0 Å². The van der Waals surface area contributed by atoms with E-state index >= 15 is 0 Å². The Labute approximate surface area is 302 Å². The number of anilines is 2. The average Bonchev–Trinajstić information content (AvgIpc) is 3.63. The van der Waals surface area contributed by atoms with E-state index in [4.69, 9.17) is 4.74 Å². The minimum Gasteiger partial charge on any atom is -0.496 e. The summed E-state index contributed by atoms with van der Waals surface area (Å²) in [7, 11) is 1.60. The zero-order valence-electron chi connectivity index (χ0n) is 27.2. The second kappa shape index (κ2) is 16.6. The van der Waals surface area contributed by atoms with Crippen LogP contribution in [0.4, 0.5) is 15.2 Å². The van der Waals surface area contributed by atoms with Crippen LogP contribution < -0.4 is 20.7 Å². The van der Waals surface area contributed by atoms with Gasteiger partial charge in [0.15, 0.2) is 5.13 Å². The lowest BCUT2D eigenvalue weighted by Gasteiger charge is -2.17. The fraction of sp³-hybridized carbons (Fsp3) is 0.0500. The molecule has 0 saturated carbocycles. The van der Waals surface area contributed by atoms with E-state index in [1.165, 1.54) is 41.3 Å². The molecule has 0 bridgehead atoms. The number of amides is 3. The predicted octanol–water partition coefficient (Wildman–Crippen LogP) is 8.84. The van der Waals surface area contributed by atoms with Crippen molar-refractivity contribution in [3.05, 3.63) is 167 Å². The monoisotopic (exact) mass is 714 g/mol. The van der Waals surface area contributed by atoms with Gasteiger partial charge < -0.3 is 20.7 Å². The van der Waals surface area contributed by atoms with Crippen molar-refractivity contribution in [3.8, 4) is 17.0 Å². The van der Waals surface area contributed by atoms with Gasteiger partial charge in [-0.2, -0.15) is 0 Å². The number of hydrogen-bond acceptors (Lipinski definition) is 7. The number of rotatable bonds is 12. The van der Waals surface area contributed by atoms with Crippen LogP contribution in [-0.2, 0) is 9.59 Å². The van der Waals surface area contributed by atoms with E-state index in [9.17, 15) is 18.8 Å². The van der Waals surface area contributed by atoms with Crippen LogP contribution in [0.5, 0.6) is 5.75 Å². The number of para-hydroxylation sites is 1. The van der Waals surface area contributed by atoms with Crippen molar-refractivity contribution in [2.24, 2.45) is 0 Å². The number of nitrogens with one attached hydrogen (secondary N) is 3. The van der Waals surface area contributed by atoms with Crippen molar-refractivity contribution >= 4 is 57.7 Å². The highest BCUT2D eigenvalue weighted by atomic mass is 32.2. The molecule has 11 heteroatoms. The summed E-state index contributed by atoms with van der Waals surface area (Å²) in [6, 6.07) is 38.3. The Hall–Kier alpha value is -6.04. The molecule has 6 aromatic rings. The molecule has 8 nitrogen and oxygen atoms in total. The number of nitrogens with zero attached hydrogens (tertiary/aromatic N) is 1. The fourth-order valence-electron chi connectivity index (χ4n) is 5.02. The Bertz CT molecular complexity index is 2170. The quantitative estimate of drug-likeness (QED) is 0.0864.